The summed E-state index contributed by atoms with van der Waals surface area (Å²) < 4.78 is 11.5. The molecule has 0 radical (unpaired) electrons. The van der Waals surface area contributed by atoms with Crippen LogP contribution in [0, 0.1) is 10.1 Å². The average Bonchev–Trinajstić information content (AvgIpc) is 2.48. The van der Waals surface area contributed by atoms with Crippen molar-refractivity contribution in [2.45, 2.75) is 5.33 Å². The van der Waals surface area contributed by atoms with Crippen LogP contribution in [0.3, 0.4) is 0 Å². The highest BCUT2D eigenvalue weighted by Crippen LogP contribution is 2.37. The van der Waals surface area contributed by atoms with E-state index in [4.69, 9.17) is 9.47 Å². The molecule has 0 aromatic heterocycles. The van der Waals surface area contributed by atoms with Crippen LogP contribution in [-0.2, 0) is 5.33 Å². The summed E-state index contributed by atoms with van der Waals surface area (Å²) in [5.41, 5.74) is 0.946. The van der Waals surface area contributed by atoms with Gasteiger partial charge in [0.15, 0.2) is 0 Å². The lowest BCUT2D eigenvalue weighted by molar-refractivity contribution is -0.385. The molecule has 0 saturated carbocycles. The van der Waals surface area contributed by atoms with Crippen molar-refractivity contribution in [1.29, 1.82) is 0 Å². The number of ether oxygens (including phenoxy) is 2. The van der Waals surface area contributed by atoms with Gasteiger partial charge in [0, 0.05) is 17.5 Å². The van der Waals surface area contributed by atoms with E-state index in [1.165, 1.54) is 25.3 Å². The highest BCUT2D eigenvalue weighted by atomic mass is 79.9. The summed E-state index contributed by atoms with van der Waals surface area (Å²) in [6.07, 6.45) is 0. The van der Waals surface area contributed by atoms with Crippen LogP contribution in [0.25, 0.3) is 0 Å². The molecule has 2 aromatic rings. The van der Waals surface area contributed by atoms with E-state index >= 15 is 0 Å². The van der Waals surface area contributed by atoms with Crippen molar-refractivity contribution < 1.29 is 14.4 Å². The molecule has 0 bridgehead atoms. The van der Waals surface area contributed by atoms with E-state index in [0.29, 0.717) is 16.8 Å². The van der Waals surface area contributed by atoms with E-state index in [0.717, 1.165) is 10.0 Å². The van der Waals surface area contributed by atoms with Crippen molar-refractivity contribution in [3.05, 3.63) is 56.5 Å². The third-order valence-corrected chi connectivity index (χ3v) is 4.00. The molecular formula is C14H11Br2NO4. The lowest BCUT2D eigenvalue weighted by Crippen LogP contribution is -1.95. The van der Waals surface area contributed by atoms with Crippen LogP contribution < -0.4 is 9.47 Å². The number of halogens is 2. The van der Waals surface area contributed by atoms with E-state index in [9.17, 15) is 10.1 Å². The van der Waals surface area contributed by atoms with Gasteiger partial charge in [0.25, 0.3) is 0 Å². The molecule has 0 aliphatic carbocycles. The van der Waals surface area contributed by atoms with Gasteiger partial charge < -0.3 is 9.47 Å². The fourth-order valence-corrected chi connectivity index (χ4v) is 2.54. The van der Waals surface area contributed by atoms with Crippen LogP contribution in [0.15, 0.2) is 40.9 Å². The van der Waals surface area contributed by atoms with Crippen LogP contribution in [0.4, 0.5) is 5.69 Å². The van der Waals surface area contributed by atoms with Gasteiger partial charge in [-0.05, 0) is 39.7 Å². The maximum atomic E-state index is 11.1. The molecule has 0 amide bonds. The van der Waals surface area contributed by atoms with E-state index in [2.05, 4.69) is 31.9 Å². The highest BCUT2D eigenvalue weighted by Gasteiger charge is 2.18. The van der Waals surface area contributed by atoms with E-state index < -0.39 is 4.92 Å². The topological polar surface area (TPSA) is 61.6 Å². The number of rotatable bonds is 5. The number of nitrogens with zero attached hydrogens (tertiary/aromatic N) is 1. The molecule has 0 saturated heterocycles. The normalized spacial score (nSPS) is 10.2. The van der Waals surface area contributed by atoms with Gasteiger partial charge in [0.05, 0.1) is 16.5 Å². The Balaban J connectivity index is 2.40. The molecule has 0 atom stereocenters. The van der Waals surface area contributed by atoms with Crippen LogP contribution in [-0.4, -0.2) is 12.0 Å². The number of hydrogen-bond acceptors (Lipinski definition) is 4. The highest BCUT2D eigenvalue weighted by molar-refractivity contribution is 9.10. The molecular weight excluding hydrogens is 406 g/mol. The third-order valence-electron chi connectivity index (χ3n) is 2.73. The first-order valence-electron chi connectivity index (χ1n) is 5.90. The van der Waals surface area contributed by atoms with Gasteiger partial charge >= 0.3 is 5.69 Å². The maximum Gasteiger partial charge on any atom is 0.311 e. The Bertz CT molecular complexity index is 676. The molecule has 0 N–H and O–H groups in total. The zero-order chi connectivity index (χ0) is 15.4. The smallest absolute Gasteiger partial charge is 0.311 e. The predicted octanol–water partition coefficient (Wildman–Crippen LogP) is 5.05. The molecule has 0 unspecified atom stereocenters. The first-order chi connectivity index (χ1) is 10.0. The largest absolute Gasteiger partial charge is 0.497 e. The quantitative estimate of drug-likeness (QED) is 0.388. The molecule has 0 aliphatic rings. The Hall–Kier alpha value is -1.60. The number of alkyl halides is 1. The van der Waals surface area contributed by atoms with Crippen molar-refractivity contribution >= 4 is 37.5 Å². The monoisotopic (exact) mass is 415 g/mol. The van der Waals surface area contributed by atoms with Gasteiger partial charge in [-0.25, -0.2) is 0 Å². The van der Waals surface area contributed by atoms with Gasteiger partial charge in [-0.2, -0.15) is 0 Å². The first-order valence-corrected chi connectivity index (χ1v) is 7.81. The molecule has 0 spiro atoms. The standard InChI is InChI=1S/C14H11Br2NO4/c1-20-10-3-4-12(17(18)19)14(7-10)21-13-5-2-9(8-15)6-11(13)16/h2-7H,8H2,1H3. The Kier molecular flexibility index (Phi) is 5.19. The van der Waals surface area contributed by atoms with Crippen molar-refractivity contribution in [2.75, 3.05) is 7.11 Å². The van der Waals surface area contributed by atoms with Gasteiger partial charge in [0.2, 0.25) is 5.75 Å². The number of nitro benzene ring substituents is 1. The summed E-state index contributed by atoms with van der Waals surface area (Å²) >= 11 is 6.76. The summed E-state index contributed by atoms with van der Waals surface area (Å²) in [6, 6.07) is 9.88. The molecule has 5 nitrogen and oxygen atoms in total. The van der Waals surface area contributed by atoms with Crippen molar-refractivity contribution in [2.24, 2.45) is 0 Å². The van der Waals surface area contributed by atoms with Crippen LogP contribution in [0.5, 0.6) is 17.2 Å². The molecule has 110 valence electrons. The lowest BCUT2D eigenvalue weighted by Gasteiger charge is -2.10. The second kappa shape index (κ2) is 6.91. The van der Waals surface area contributed by atoms with E-state index in [1.807, 2.05) is 12.1 Å². The van der Waals surface area contributed by atoms with Crippen molar-refractivity contribution in [1.82, 2.24) is 0 Å². The fraction of sp³-hybridized carbons (Fsp3) is 0.143. The minimum atomic E-state index is -0.491. The summed E-state index contributed by atoms with van der Waals surface area (Å²) in [5.74, 6) is 1.12. The average molecular weight is 417 g/mol. The maximum absolute atomic E-state index is 11.1. The molecule has 0 fully saturated rings. The SMILES string of the molecule is COc1ccc([N+](=O)[O-])c(Oc2ccc(CBr)cc2Br)c1. The zero-order valence-corrected chi connectivity index (χ0v) is 14.2. The van der Waals surface area contributed by atoms with Gasteiger partial charge in [-0.3, -0.25) is 10.1 Å². The van der Waals surface area contributed by atoms with Crippen molar-refractivity contribution in [3.63, 3.8) is 0 Å². The Morgan fingerprint density at radius 1 is 1.19 bits per heavy atom. The predicted molar refractivity (Wildman–Crippen MR) is 86.5 cm³/mol. The van der Waals surface area contributed by atoms with Crippen LogP contribution in [0.1, 0.15) is 5.56 Å². The number of methoxy groups -OCH3 is 1. The number of nitro groups is 1. The van der Waals surface area contributed by atoms with Crippen LogP contribution >= 0.6 is 31.9 Å². The molecule has 0 aliphatic heterocycles. The summed E-state index contributed by atoms with van der Waals surface area (Å²) in [7, 11) is 1.49. The minimum Gasteiger partial charge on any atom is -0.497 e. The van der Waals surface area contributed by atoms with Crippen molar-refractivity contribution in [3.8, 4) is 17.2 Å². The zero-order valence-electron chi connectivity index (χ0n) is 11.0. The van der Waals surface area contributed by atoms with E-state index in [1.54, 1.807) is 6.07 Å². The van der Waals surface area contributed by atoms with Gasteiger partial charge in [-0.15, -0.1) is 0 Å². The second-order valence-electron chi connectivity index (χ2n) is 4.09. The Morgan fingerprint density at radius 3 is 2.52 bits per heavy atom. The summed E-state index contributed by atoms with van der Waals surface area (Å²) in [5, 5.41) is 11.8. The molecule has 21 heavy (non-hydrogen) atoms. The van der Waals surface area contributed by atoms with E-state index in [-0.39, 0.29) is 11.4 Å². The molecule has 7 heteroatoms. The minimum absolute atomic E-state index is 0.118. The third kappa shape index (κ3) is 3.74. The fourth-order valence-electron chi connectivity index (χ4n) is 1.68. The molecule has 2 rings (SSSR count). The number of benzene rings is 2. The number of hydrogen-bond donors (Lipinski definition) is 0. The molecule has 0 heterocycles. The van der Waals surface area contributed by atoms with Gasteiger partial charge in [0.1, 0.15) is 11.5 Å². The molecule has 2 aromatic carbocycles. The first kappa shape index (κ1) is 15.8. The second-order valence-corrected chi connectivity index (χ2v) is 5.51. The lowest BCUT2D eigenvalue weighted by atomic mass is 10.2. The summed E-state index contributed by atoms with van der Waals surface area (Å²) in [4.78, 5) is 10.6. The Morgan fingerprint density at radius 2 is 1.95 bits per heavy atom. The van der Waals surface area contributed by atoms with Crippen LogP contribution in [0.2, 0.25) is 0 Å². The van der Waals surface area contributed by atoms with Gasteiger partial charge in [-0.1, -0.05) is 22.0 Å². The summed E-state index contributed by atoms with van der Waals surface area (Å²) in [6.45, 7) is 0. The Labute approximate surface area is 138 Å².